The average molecular weight is 566 g/mol. The number of rotatable bonds is 15. The third-order valence-corrected chi connectivity index (χ3v) is 7.50. The number of carbonyl (C=O) groups is 2. The predicted octanol–water partition coefficient (Wildman–Crippen LogP) is 4.89. The van der Waals surface area contributed by atoms with E-state index in [4.69, 9.17) is 10.5 Å². The number of unbranched alkanes of at least 4 members (excludes halogenated alkanes) is 1. The number of hydrogen-bond donors (Lipinski definition) is 4. The Morgan fingerprint density at radius 1 is 0.786 bits per heavy atom. The second-order valence-electron chi connectivity index (χ2n) is 10.3. The summed E-state index contributed by atoms with van der Waals surface area (Å²) in [5.74, 6) is -0.751. The maximum atomic E-state index is 12.7. The number of carboxylic acid groups (broad SMARTS) is 1. The minimum absolute atomic E-state index is 0.299. The Kier molecular flexibility index (Phi) is 10.9. The van der Waals surface area contributed by atoms with Gasteiger partial charge in [-0.2, -0.15) is 0 Å². The summed E-state index contributed by atoms with van der Waals surface area (Å²) in [5, 5.41) is 16.2. The molecule has 0 spiro atoms. The first-order valence-corrected chi connectivity index (χ1v) is 14.3. The molecule has 2 atom stereocenters. The first-order valence-electron chi connectivity index (χ1n) is 14.3. The average Bonchev–Trinajstić information content (AvgIpc) is 3.03. The van der Waals surface area contributed by atoms with Crippen molar-refractivity contribution in [1.82, 2.24) is 10.6 Å². The fourth-order valence-corrected chi connectivity index (χ4v) is 5.27. The van der Waals surface area contributed by atoms with Crippen LogP contribution in [0, 0.1) is 0 Å². The summed E-state index contributed by atoms with van der Waals surface area (Å²) in [7, 11) is 1.65. The van der Waals surface area contributed by atoms with E-state index < -0.39 is 29.5 Å². The minimum Gasteiger partial charge on any atom is -0.497 e. The normalized spacial score (nSPS) is 12.7. The van der Waals surface area contributed by atoms with Crippen molar-refractivity contribution in [3.63, 3.8) is 0 Å². The van der Waals surface area contributed by atoms with Gasteiger partial charge in [-0.25, -0.2) is 4.79 Å². The molecule has 0 aliphatic rings. The number of carboxylic acids is 1. The van der Waals surface area contributed by atoms with Crippen molar-refractivity contribution in [2.45, 2.75) is 43.3 Å². The highest BCUT2D eigenvalue weighted by molar-refractivity contribution is 5.86. The van der Waals surface area contributed by atoms with Gasteiger partial charge in [0, 0.05) is 0 Å². The number of amides is 1. The maximum absolute atomic E-state index is 12.7. The SMILES string of the molecule is COc1ccc(C(NCCCCC(NC(=O)C(N)Cc2ccccc2)C(=O)O)(c2ccccc2)c2ccccc2)cc1. The smallest absolute Gasteiger partial charge is 0.326 e. The van der Waals surface area contributed by atoms with E-state index >= 15 is 0 Å². The van der Waals surface area contributed by atoms with E-state index in [1.54, 1.807) is 7.11 Å². The van der Waals surface area contributed by atoms with E-state index in [1.165, 1.54) is 0 Å². The molecule has 1 amide bonds. The molecular weight excluding hydrogens is 526 g/mol. The number of carbonyl (C=O) groups excluding carboxylic acids is 1. The van der Waals surface area contributed by atoms with Gasteiger partial charge >= 0.3 is 5.97 Å². The van der Waals surface area contributed by atoms with Crippen LogP contribution in [0.3, 0.4) is 0 Å². The highest BCUT2D eigenvalue weighted by Crippen LogP contribution is 2.37. The van der Waals surface area contributed by atoms with E-state index in [2.05, 4.69) is 47.0 Å². The molecule has 0 fully saturated rings. The molecule has 0 saturated carbocycles. The van der Waals surface area contributed by atoms with Crippen molar-refractivity contribution in [3.05, 3.63) is 138 Å². The van der Waals surface area contributed by atoms with Crippen LogP contribution in [0.15, 0.2) is 115 Å². The van der Waals surface area contributed by atoms with Crippen molar-refractivity contribution >= 4 is 11.9 Å². The number of nitrogens with two attached hydrogens (primary N) is 1. The van der Waals surface area contributed by atoms with Crippen LogP contribution in [0.2, 0.25) is 0 Å². The molecule has 0 bridgehead atoms. The van der Waals surface area contributed by atoms with Crippen LogP contribution in [-0.2, 0) is 21.5 Å². The van der Waals surface area contributed by atoms with Crippen molar-refractivity contribution in [2.75, 3.05) is 13.7 Å². The molecule has 5 N–H and O–H groups in total. The maximum Gasteiger partial charge on any atom is 0.326 e. The van der Waals surface area contributed by atoms with Crippen molar-refractivity contribution in [2.24, 2.45) is 5.73 Å². The zero-order chi connectivity index (χ0) is 29.8. The summed E-state index contributed by atoms with van der Waals surface area (Å²) in [6.07, 6.45) is 1.94. The molecular formula is C35H39N3O4. The monoisotopic (exact) mass is 565 g/mol. The van der Waals surface area contributed by atoms with E-state index in [0.717, 1.165) is 28.0 Å². The molecule has 0 saturated heterocycles. The van der Waals surface area contributed by atoms with E-state index in [9.17, 15) is 14.7 Å². The zero-order valence-electron chi connectivity index (χ0n) is 23.9. The Labute approximate surface area is 247 Å². The van der Waals surface area contributed by atoms with Crippen LogP contribution in [0.25, 0.3) is 0 Å². The highest BCUT2D eigenvalue weighted by Gasteiger charge is 2.35. The number of benzene rings is 4. The lowest BCUT2D eigenvalue weighted by Crippen LogP contribution is -2.49. The third kappa shape index (κ3) is 7.63. The molecule has 218 valence electrons. The van der Waals surface area contributed by atoms with Crippen LogP contribution >= 0.6 is 0 Å². The molecule has 0 radical (unpaired) electrons. The Hall–Kier alpha value is -4.46. The van der Waals surface area contributed by atoms with Crippen molar-refractivity contribution in [1.29, 1.82) is 0 Å². The Morgan fingerprint density at radius 2 is 1.31 bits per heavy atom. The lowest BCUT2D eigenvalue weighted by Gasteiger charge is -2.37. The summed E-state index contributed by atoms with van der Waals surface area (Å²) in [5.41, 5.74) is 9.60. The fourth-order valence-electron chi connectivity index (χ4n) is 5.27. The molecule has 0 heterocycles. The molecule has 0 aliphatic heterocycles. The van der Waals surface area contributed by atoms with Gasteiger partial charge in [0.25, 0.3) is 0 Å². The molecule has 7 nitrogen and oxygen atoms in total. The van der Waals surface area contributed by atoms with Gasteiger partial charge in [0.2, 0.25) is 5.91 Å². The van der Waals surface area contributed by atoms with Crippen LogP contribution in [-0.4, -0.2) is 42.7 Å². The van der Waals surface area contributed by atoms with Crippen LogP contribution in [0.5, 0.6) is 5.75 Å². The predicted molar refractivity (Wildman–Crippen MR) is 165 cm³/mol. The van der Waals surface area contributed by atoms with E-state index in [-0.39, 0.29) is 0 Å². The second kappa shape index (κ2) is 15.0. The minimum atomic E-state index is -1.07. The largest absolute Gasteiger partial charge is 0.497 e. The Morgan fingerprint density at radius 3 is 1.83 bits per heavy atom. The van der Waals surface area contributed by atoms with Crippen molar-refractivity contribution < 1.29 is 19.4 Å². The molecule has 4 aromatic carbocycles. The molecule has 4 aromatic rings. The van der Waals surface area contributed by atoms with Crippen molar-refractivity contribution in [3.8, 4) is 5.75 Å². The zero-order valence-corrected chi connectivity index (χ0v) is 23.9. The van der Waals surface area contributed by atoms with E-state index in [0.29, 0.717) is 32.2 Å². The van der Waals surface area contributed by atoms with Gasteiger partial charge in [0.05, 0.1) is 18.7 Å². The van der Waals surface area contributed by atoms with Crippen LogP contribution in [0.4, 0.5) is 0 Å². The number of ether oxygens (including phenoxy) is 1. The van der Waals surface area contributed by atoms with Gasteiger partial charge in [-0.15, -0.1) is 0 Å². The van der Waals surface area contributed by atoms with Crippen LogP contribution < -0.4 is 21.1 Å². The summed E-state index contributed by atoms with van der Waals surface area (Å²) in [6.45, 7) is 0.615. The first kappa shape index (κ1) is 30.5. The Bertz CT molecular complexity index is 1360. The summed E-state index contributed by atoms with van der Waals surface area (Å²) >= 11 is 0. The lowest BCUT2D eigenvalue weighted by atomic mass is 9.77. The molecule has 7 heteroatoms. The fraction of sp³-hybridized carbons (Fsp3) is 0.257. The summed E-state index contributed by atoms with van der Waals surface area (Å²) in [6, 6.07) is 36.2. The molecule has 42 heavy (non-hydrogen) atoms. The first-order chi connectivity index (χ1) is 20.4. The topological polar surface area (TPSA) is 114 Å². The Balaban J connectivity index is 1.45. The molecule has 0 aromatic heterocycles. The highest BCUT2D eigenvalue weighted by atomic mass is 16.5. The number of aliphatic carboxylic acids is 1. The lowest BCUT2D eigenvalue weighted by molar-refractivity contribution is -0.142. The third-order valence-electron chi connectivity index (χ3n) is 7.50. The second-order valence-corrected chi connectivity index (χ2v) is 10.3. The van der Waals surface area contributed by atoms with Gasteiger partial charge in [-0.1, -0.05) is 103 Å². The van der Waals surface area contributed by atoms with Gasteiger partial charge in [0.15, 0.2) is 0 Å². The van der Waals surface area contributed by atoms with E-state index in [1.807, 2.05) is 78.9 Å². The molecule has 2 unspecified atom stereocenters. The van der Waals surface area contributed by atoms with Gasteiger partial charge in [-0.05, 0) is 66.6 Å². The van der Waals surface area contributed by atoms with Gasteiger partial charge in [0.1, 0.15) is 11.8 Å². The molecule has 4 rings (SSSR count). The molecule has 0 aliphatic carbocycles. The standard InChI is InChI=1S/C35H39N3O4/c1-42-30-22-20-29(21-23-30)35(27-15-7-3-8-16-27,28-17-9-4-10-18-28)37-24-12-11-19-32(34(40)41)38-33(39)31(36)25-26-13-5-2-6-14-26/h2-10,13-18,20-23,31-32,37H,11-12,19,24-25,36H2,1H3,(H,38,39)(H,40,41). The number of nitrogens with one attached hydrogen (secondary N) is 2. The summed E-state index contributed by atoms with van der Waals surface area (Å²) < 4.78 is 5.41. The quantitative estimate of drug-likeness (QED) is 0.121. The number of hydrogen-bond acceptors (Lipinski definition) is 5. The van der Waals surface area contributed by atoms with Crippen LogP contribution in [0.1, 0.15) is 41.5 Å². The van der Waals surface area contributed by atoms with Gasteiger partial charge in [-0.3, -0.25) is 10.1 Å². The summed E-state index contributed by atoms with van der Waals surface area (Å²) in [4.78, 5) is 24.6. The number of methoxy groups -OCH3 is 1. The van der Waals surface area contributed by atoms with Gasteiger partial charge < -0.3 is 20.9 Å².